The largest absolute Gasteiger partial charge is 0.394 e. The lowest BCUT2D eigenvalue weighted by molar-refractivity contribution is -0.191. The number of aromatic nitrogens is 1. The SMILES string of the molecule is CC[C@H](CNc1cc(F)c(S(=O)(=O)Nc2ncc(F)s2)cc1Cl)CC1(C(F)(F)F)CC1. The molecule has 1 aromatic heterocycles. The van der Waals surface area contributed by atoms with Crippen LogP contribution < -0.4 is 10.0 Å². The van der Waals surface area contributed by atoms with E-state index in [0.29, 0.717) is 17.8 Å². The fraction of sp³-hybridized carbons (Fsp3) is 0.500. The van der Waals surface area contributed by atoms with Crippen molar-refractivity contribution in [3.05, 3.63) is 34.3 Å². The van der Waals surface area contributed by atoms with Crippen LogP contribution in [-0.2, 0) is 10.0 Å². The van der Waals surface area contributed by atoms with Gasteiger partial charge >= 0.3 is 6.18 Å². The molecule has 1 fully saturated rings. The second-order valence-corrected chi connectivity index (χ2v) is 10.5. The molecule has 0 radical (unpaired) electrons. The van der Waals surface area contributed by atoms with Crippen molar-refractivity contribution in [2.24, 2.45) is 11.3 Å². The van der Waals surface area contributed by atoms with Crippen LogP contribution in [0.2, 0.25) is 5.02 Å². The van der Waals surface area contributed by atoms with E-state index in [9.17, 15) is 30.4 Å². The highest BCUT2D eigenvalue weighted by atomic mass is 35.5. The van der Waals surface area contributed by atoms with Gasteiger partial charge in [-0.25, -0.2) is 17.8 Å². The molecule has 1 aromatic carbocycles. The first-order chi connectivity index (χ1) is 14.4. The van der Waals surface area contributed by atoms with Gasteiger partial charge in [0.1, 0.15) is 10.7 Å². The summed E-state index contributed by atoms with van der Waals surface area (Å²) in [6.45, 7) is 1.89. The zero-order valence-electron chi connectivity index (χ0n) is 16.2. The van der Waals surface area contributed by atoms with E-state index in [-0.39, 0.29) is 47.6 Å². The van der Waals surface area contributed by atoms with Crippen LogP contribution in [-0.4, -0.2) is 26.1 Å². The van der Waals surface area contributed by atoms with Crippen LogP contribution >= 0.6 is 22.9 Å². The topological polar surface area (TPSA) is 71.1 Å². The minimum absolute atomic E-state index is 0.0408. The molecule has 31 heavy (non-hydrogen) atoms. The van der Waals surface area contributed by atoms with Crippen LogP contribution in [0.15, 0.2) is 23.2 Å². The highest BCUT2D eigenvalue weighted by Gasteiger charge is 2.63. The number of alkyl halides is 3. The first-order valence-corrected chi connectivity index (χ1v) is 12.0. The molecular weight excluding hydrogens is 485 g/mol. The molecule has 13 heteroatoms. The van der Waals surface area contributed by atoms with Gasteiger partial charge in [0, 0.05) is 6.54 Å². The highest BCUT2D eigenvalue weighted by molar-refractivity contribution is 7.93. The molecule has 0 aliphatic heterocycles. The molecule has 0 spiro atoms. The second kappa shape index (κ2) is 8.70. The Bertz CT molecular complexity index is 1050. The fourth-order valence-corrected chi connectivity index (χ4v) is 5.43. The minimum atomic E-state index is -4.42. The van der Waals surface area contributed by atoms with E-state index in [0.717, 1.165) is 18.3 Å². The van der Waals surface area contributed by atoms with Crippen LogP contribution in [0, 0.1) is 22.3 Å². The van der Waals surface area contributed by atoms with Crippen LogP contribution in [0.5, 0.6) is 0 Å². The monoisotopic (exact) mass is 503 g/mol. The van der Waals surface area contributed by atoms with Crippen molar-refractivity contribution in [1.82, 2.24) is 4.98 Å². The molecule has 1 aliphatic rings. The number of anilines is 2. The smallest absolute Gasteiger partial charge is 0.383 e. The lowest BCUT2D eigenvalue weighted by Crippen LogP contribution is -2.29. The molecule has 3 rings (SSSR count). The van der Waals surface area contributed by atoms with E-state index in [1.165, 1.54) is 0 Å². The third-order valence-electron chi connectivity index (χ3n) is 5.30. The van der Waals surface area contributed by atoms with Gasteiger partial charge in [-0.2, -0.15) is 17.6 Å². The van der Waals surface area contributed by atoms with E-state index in [4.69, 9.17) is 11.6 Å². The standard InChI is InChI=1S/C18H19ClF5N3O2S2/c1-2-10(7-17(3-4-17)18(22,23)24)8-25-13-6-12(20)14(5-11(13)19)31(28,29)27-16-26-9-15(21)30-16/h5-6,9-10,25H,2-4,7-8H2,1H3,(H,26,27)/t10-/m0/s1. The van der Waals surface area contributed by atoms with E-state index in [2.05, 4.69) is 10.3 Å². The number of nitrogens with one attached hydrogen (secondary N) is 2. The molecule has 2 N–H and O–H groups in total. The highest BCUT2D eigenvalue weighted by Crippen LogP contribution is 2.61. The van der Waals surface area contributed by atoms with E-state index in [1.54, 1.807) is 6.92 Å². The number of rotatable bonds is 9. The van der Waals surface area contributed by atoms with Crippen molar-refractivity contribution in [2.45, 2.75) is 43.7 Å². The zero-order chi connectivity index (χ0) is 23.0. The van der Waals surface area contributed by atoms with Crippen molar-refractivity contribution in [2.75, 3.05) is 16.6 Å². The molecule has 1 heterocycles. The van der Waals surface area contributed by atoms with Gasteiger partial charge in [-0.1, -0.05) is 36.3 Å². The number of hydrogen-bond acceptors (Lipinski definition) is 5. The molecule has 1 atom stereocenters. The van der Waals surface area contributed by atoms with Gasteiger partial charge in [0.2, 0.25) is 0 Å². The number of nitrogens with zero attached hydrogens (tertiary/aromatic N) is 1. The predicted molar refractivity (Wildman–Crippen MR) is 109 cm³/mol. The third kappa shape index (κ3) is 5.40. The minimum Gasteiger partial charge on any atom is -0.383 e. The Balaban J connectivity index is 1.71. The molecular formula is C18H19ClF5N3O2S2. The summed E-state index contributed by atoms with van der Waals surface area (Å²) in [6, 6.07) is 1.74. The average Bonchev–Trinajstić information content (AvgIpc) is 3.36. The summed E-state index contributed by atoms with van der Waals surface area (Å²) in [6.07, 6.45) is -2.80. The molecule has 0 saturated heterocycles. The molecule has 0 bridgehead atoms. The maximum atomic E-state index is 14.5. The van der Waals surface area contributed by atoms with Crippen LogP contribution in [0.3, 0.4) is 0 Å². The Kier molecular flexibility index (Phi) is 6.73. The van der Waals surface area contributed by atoms with E-state index < -0.39 is 37.5 Å². The molecule has 1 saturated carbocycles. The van der Waals surface area contributed by atoms with Crippen LogP contribution in [0.4, 0.5) is 32.8 Å². The number of benzene rings is 1. The first kappa shape index (κ1) is 24.0. The summed E-state index contributed by atoms with van der Waals surface area (Å²) in [5, 5.41) is 1.70. The maximum absolute atomic E-state index is 14.5. The zero-order valence-corrected chi connectivity index (χ0v) is 18.6. The van der Waals surface area contributed by atoms with E-state index in [1.807, 2.05) is 4.72 Å². The molecule has 2 aromatic rings. The van der Waals surface area contributed by atoms with E-state index >= 15 is 0 Å². The summed E-state index contributed by atoms with van der Waals surface area (Å²) in [7, 11) is -4.42. The molecule has 0 unspecified atom stereocenters. The van der Waals surface area contributed by atoms with Crippen molar-refractivity contribution in [1.29, 1.82) is 0 Å². The van der Waals surface area contributed by atoms with Gasteiger partial charge in [-0.05, 0) is 37.3 Å². The summed E-state index contributed by atoms with van der Waals surface area (Å²) >= 11 is 6.52. The van der Waals surface area contributed by atoms with Crippen LogP contribution in [0.1, 0.15) is 32.6 Å². The first-order valence-electron chi connectivity index (χ1n) is 9.30. The molecule has 172 valence electrons. The Morgan fingerprint density at radius 3 is 2.48 bits per heavy atom. The number of thiazole rings is 1. The van der Waals surface area contributed by atoms with Crippen molar-refractivity contribution < 1.29 is 30.4 Å². The van der Waals surface area contributed by atoms with Gasteiger partial charge in [-0.15, -0.1) is 0 Å². The van der Waals surface area contributed by atoms with Crippen molar-refractivity contribution in [3.8, 4) is 0 Å². The van der Waals surface area contributed by atoms with Gasteiger partial charge in [0.25, 0.3) is 10.0 Å². The Morgan fingerprint density at radius 1 is 1.29 bits per heavy atom. The normalized spacial score (nSPS) is 16.7. The van der Waals surface area contributed by atoms with Crippen molar-refractivity contribution in [3.63, 3.8) is 0 Å². The molecule has 0 amide bonds. The molecule has 1 aliphatic carbocycles. The number of hydrogen-bond donors (Lipinski definition) is 2. The second-order valence-electron chi connectivity index (χ2n) is 7.47. The lowest BCUT2D eigenvalue weighted by atomic mass is 9.89. The quantitative estimate of drug-likeness (QED) is 0.409. The van der Waals surface area contributed by atoms with Crippen LogP contribution in [0.25, 0.3) is 0 Å². The van der Waals surface area contributed by atoms with Gasteiger partial charge in [0.05, 0.1) is 22.3 Å². The Labute approximate surface area is 185 Å². The van der Waals surface area contributed by atoms with Crippen molar-refractivity contribution >= 4 is 43.8 Å². The predicted octanol–water partition coefficient (Wildman–Crippen LogP) is 6.05. The van der Waals surface area contributed by atoms with Gasteiger partial charge in [0.15, 0.2) is 10.3 Å². The Hall–Kier alpha value is -1.66. The summed E-state index contributed by atoms with van der Waals surface area (Å²) in [5.41, 5.74) is -1.59. The molecule has 5 nitrogen and oxygen atoms in total. The summed E-state index contributed by atoms with van der Waals surface area (Å²) in [5.74, 6) is -1.45. The summed E-state index contributed by atoms with van der Waals surface area (Å²) in [4.78, 5) is 2.75. The number of sulfonamides is 1. The van der Waals surface area contributed by atoms with Gasteiger partial charge < -0.3 is 5.32 Å². The lowest BCUT2D eigenvalue weighted by Gasteiger charge is -2.25. The average molecular weight is 504 g/mol. The fourth-order valence-electron chi connectivity index (χ4n) is 3.26. The van der Waals surface area contributed by atoms with Gasteiger partial charge in [-0.3, -0.25) is 4.72 Å². The Morgan fingerprint density at radius 2 is 1.97 bits per heavy atom. The maximum Gasteiger partial charge on any atom is 0.394 e. The summed E-state index contributed by atoms with van der Waals surface area (Å²) < 4.78 is 93.9. The number of halogens is 6. The third-order valence-corrected chi connectivity index (χ3v) is 7.80.